The van der Waals surface area contributed by atoms with Crippen LogP contribution in [0.4, 0.5) is 0 Å². The number of hydrogen-bond donors (Lipinski definition) is 1. The van der Waals surface area contributed by atoms with Gasteiger partial charge in [0.2, 0.25) is 6.79 Å². The quantitative estimate of drug-likeness (QED) is 0.917. The molecule has 2 N–H and O–H groups in total. The molecule has 4 nitrogen and oxygen atoms in total. The van der Waals surface area contributed by atoms with Crippen LogP contribution in [-0.2, 0) is 0 Å². The van der Waals surface area contributed by atoms with Crippen molar-refractivity contribution < 1.29 is 9.47 Å². The van der Waals surface area contributed by atoms with Gasteiger partial charge in [0, 0.05) is 23.9 Å². The van der Waals surface area contributed by atoms with E-state index in [1.165, 1.54) is 0 Å². The Morgan fingerprint density at radius 1 is 1.16 bits per heavy atom. The number of aromatic nitrogens is 1. The van der Waals surface area contributed by atoms with Crippen molar-refractivity contribution in [1.82, 2.24) is 4.98 Å². The minimum atomic E-state index is -0.121. The van der Waals surface area contributed by atoms with E-state index in [1.54, 1.807) is 6.20 Å². The molecule has 4 heteroatoms. The molecule has 0 aliphatic carbocycles. The van der Waals surface area contributed by atoms with Gasteiger partial charge in [-0.1, -0.05) is 19.1 Å². The van der Waals surface area contributed by atoms with Crippen LogP contribution in [0.15, 0.2) is 42.6 Å². The fourth-order valence-electron chi connectivity index (χ4n) is 2.24. The molecule has 0 amide bonds. The zero-order chi connectivity index (χ0) is 13.2. The van der Waals surface area contributed by atoms with Crippen LogP contribution in [0.5, 0.6) is 11.5 Å². The first-order chi connectivity index (χ1) is 9.25. The molecule has 0 bridgehead atoms. The Morgan fingerprint density at radius 2 is 2.00 bits per heavy atom. The van der Waals surface area contributed by atoms with Gasteiger partial charge in [-0.05, 0) is 29.8 Å². The first-order valence-electron chi connectivity index (χ1n) is 6.32. The van der Waals surface area contributed by atoms with Crippen LogP contribution in [0.1, 0.15) is 30.1 Å². The molecule has 3 rings (SSSR count). The largest absolute Gasteiger partial charge is 0.454 e. The molecule has 0 spiro atoms. The van der Waals surface area contributed by atoms with Gasteiger partial charge in [0.15, 0.2) is 11.5 Å². The molecule has 0 saturated heterocycles. The lowest BCUT2D eigenvalue weighted by Gasteiger charge is -2.20. The first-order valence-corrected chi connectivity index (χ1v) is 6.32. The van der Waals surface area contributed by atoms with Crippen LogP contribution >= 0.6 is 0 Å². The molecular weight excluding hydrogens is 240 g/mol. The Kier molecular flexibility index (Phi) is 3.09. The molecule has 0 radical (unpaired) electrons. The molecule has 2 unspecified atom stereocenters. The number of pyridine rings is 1. The standard InChI is InChI=1S/C15H16N2O2/c1-10(12-4-2-3-7-17-12)15(16)11-5-6-13-14(8-11)19-9-18-13/h2-8,10,15H,9,16H2,1H3. The highest BCUT2D eigenvalue weighted by Crippen LogP contribution is 2.36. The van der Waals surface area contributed by atoms with E-state index >= 15 is 0 Å². The lowest BCUT2D eigenvalue weighted by atomic mass is 9.92. The van der Waals surface area contributed by atoms with Gasteiger partial charge in [0.1, 0.15) is 0 Å². The molecule has 1 aromatic heterocycles. The van der Waals surface area contributed by atoms with E-state index < -0.39 is 0 Å². The van der Waals surface area contributed by atoms with E-state index in [2.05, 4.69) is 11.9 Å². The number of hydrogen-bond acceptors (Lipinski definition) is 4. The monoisotopic (exact) mass is 256 g/mol. The molecule has 19 heavy (non-hydrogen) atoms. The minimum absolute atomic E-state index is 0.121. The summed E-state index contributed by atoms with van der Waals surface area (Å²) >= 11 is 0. The zero-order valence-corrected chi connectivity index (χ0v) is 10.7. The summed E-state index contributed by atoms with van der Waals surface area (Å²) in [5, 5.41) is 0. The number of fused-ring (bicyclic) bond motifs is 1. The average Bonchev–Trinajstić information content (AvgIpc) is 2.94. The minimum Gasteiger partial charge on any atom is -0.454 e. The molecule has 1 aliphatic heterocycles. The van der Waals surface area contributed by atoms with E-state index in [1.807, 2.05) is 36.4 Å². The Hall–Kier alpha value is -2.07. The summed E-state index contributed by atoms with van der Waals surface area (Å²) in [6.07, 6.45) is 1.79. The zero-order valence-electron chi connectivity index (χ0n) is 10.7. The molecule has 0 saturated carbocycles. The molecule has 98 valence electrons. The van der Waals surface area contributed by atoms with Crippen LogP contribution < -0.4 is 15.2 Å². The smallest absolute Gasteiger partial charge is 0.231 e. The van der Waals surface area contributed by atoms with Gasteiger partial charge in [-0.3, -0.25) is 4.98 Å². The lowest BCUT2D eigenvalue weighted by molar-refractivity contribution is 0.174. The van der Waals surface area contributed by atoms with Gasteiger partial charge in [-0.25, -0.2) is 0 Å². The van der Waals surface area contributed by atoms with E-state index in [-0.39, 0.29) is 18.8 Å². The van der Waals surface area contributed by atoms with E-state index in [0.29, 0.717) is 0 Å². The van der Waals surface area contributed by atoms with E-state index in [4.69, 9.17) is 15.2 Å². The molecule has 2 aromatic rings. The maximum Gasteiger partial charge on any atom is 0.231 e. The van der Waals surface area contributed by atoms with Gasteiger partial charge in [0.25, 0.3) is 0 Å². The average molecular weight is 256 g/mol. The summed E-state index contributed by atoms with van der Waals surface area (Å²) in [6, 6.07) is 11.6. The van der Waals surface area contributed by atoms with Crippen LogP contribution in [0.3, 0.4) is 0 Å². The van der Waals surface area contributed by atoms with Crippen LogP contribution in [0.25, 0.3) is 0 Å². The lowest BCUT2D eigenvalue weighted by Crippen LogP contribution is -2.18. The van der Waals surface area contributed by atoms with Crippen LogP contribution in [0, 0.1) is 0 Å². The molecule has 1 aromatic carbocycles. The van der Waals surface area contributed by atoms with Crippen molar-refractivity contribution in [3.63, 3.8) is 0 Å². The summed E-state index contributed by atoms with van der Waals surface area (Å²) < 4.78 is 10.7. The highest BCUT2D eigenvalue weighted by atomic mass is 16.7. The molecule has 1 aliphatic rings. The van der Waals surface area contributed by atoms with Gasteiger partial charge < -0.3 is 15.2 Å². The third-order valence-electron chi connectivity index (χ3n) is 3.47. The summed E-state index contributed by atoms with van der Waals surface area (Å²) in [5.74, 6) is 1.68. The summed E-state index contributed by atoms with van der Waals surface area (Å²) in [5.41, 5.74) is 8.35. The van der Waals surface area contributed by atoms with Crippen molar-refractivity contribution in [2.75, 3.05) is 6.79 Å². The summed E-state index contributed by atoms with van der Waals surface area (Å²) in [7, 11) is 0. The number of rotatable bonds is 3. The summed E-state index contributed by atoms with van der Waals surface area (Å²) in [4.78, 5) is 4.36. The van der Waals surface area contributed by atoms with E-state index in [0.717, 1.165) is 22.8 Å². The van der Waals surface area contributed by atoms with Crippen LogP contribution in [0.2, 0.25) is 0 Å². The second-order valence-electron chi connectivity index (χ2n) is 4.68. The maximum atomic E-state index is 6.33. The van der Waals surface area contributed by atoms with Gasteiger partial charge in [-0.15, -0.1) is 0 Å². The van der Waals surface area contributed by atoms with Gasteiger partial charge in [0.05, 0.1) is 0 Å². The third-order valence-corrected chi connectivity index (χ3v) is 3.47. The number of ether oxygens (including phenoxy) is 2. The third kappa shape index (κ3) is 2.27. The predicted octanol–water partition coefficient (Wildman–Crippen LogP) is 2.61. The SMILES string of the molecule is CC(c1ccccn1)C(N)c1ccc2c(c1)OCO2. The van der Waals surface area contributed by atoms with Crippen molar-refractivity contribution in [2.45, 2.75) is 18.9 Å². The molecular formula is C15H16N2O2. The van der Waals surface area contributed by atoms with Crippen molar-refractivity contribution in [2.24, 2.45) is 5.73 Å². The number of nitrogens with zero attached hydrogens (tertiary/aromatic N) is 1. The topological polar surface area (TPSA) is 57.4 Å². The normalized spacial score (nSPS) is 16.1. The van der Waals surface area contributed by atoms with Crippen molar-refractivity contribution >= 4 is 0 Å². The Balaban J connectivity index is 1.86. The molecule has 2 heterocycles. The number of benzene rings is 1. The second-order valence-corrected chi connectivity index (χ2v) is 4.68. The highest BCUT2D eigenvalue weighted by molar-refractivity contribution is 5.45. The first kappa shape index (κ1) is 12.0. The fraction of sp³-hybridized carbons (Fsp3) is 0.267. The van der Waals surface area contributed by atoms with Crippen molar-refractivity contribution in [3.05, 3.63) is 53.9 Å². The van der Waals surface area contributed by atoms with E-state index in [9.17, 15) is 0 Å². The summed E-state index contributed by atoms with van der Waals surface area (Å²) in [6.45, 7) is 2.36. The molecule has 0 fully saturated rings. The van der Waals surface area contributed by atoms with Gasteiger partial charge >= 0.3 is 0 Å². The highest BCUT2D eigenvalue weighted by Gasteiger charge is 2.21. The fourth-order valence-corrected chi connectivity index (χ4v) is 2.24. The Labute approximate surface area is 112 Å². The molecule has 2 atom stereocenters. The van der Waals surface area contributed by atoms with Gasteiger partial charge in [-0.2, -0.15) is 0 Å². The van der Waals surface area contributed by atoms with Crippen molar-refractivity contribution in [3.8, 4) is 11.5 Å². The Morgan fingerprint density at radius 3 is 2.79 bits per heavy atom. The second kappa shape index (κ2) is 4.90. The predicted molar refractivity (Wildman–Crippen MR) is 72.1 cm³/mol. The van der Waals surface area contributed by atoms with Crippen molar-refractivity contribution in [1.29, 1.82) is 0 Å². The maximum absolute atomic E-state index is 6.33. The van der Waals surface area contributed by atoms with Crippen LogP contribution in [-0.4, -0.2) is 11.8 Å². The number of nitrogens with two attached hydrogens (primary N) is 1. The Bertz CT molecular complexity index is 572.